The molecule has 0 unspecified atom stereocenters. The molecular formula is C14H13N5O2S. The Hall–Kier alpha value is -2.87. The van der Waals surface area contributed by atoms with Crippen molar-refractivity contribution in [2.45, 2.75) is 6.92 Å². The maximum absolute atomic E-state index is 12.2. The Kier molecular flexibility index (Phi) is 3.75. The van der Waals surface area contributed by atoms with Crippen molar-refractivity contribution in [3.63, 3.8) is 0 Å². The minimum Gasteiger partial charge on any atom is -0.382 e. The van der Waals surface area contributed by atoms with Gasteiger partial charge in [0.05, 0.1) is 0 Å². The summed E-state index contributed by atoms with van der Waals surface area (Å²) < 4.78 is 4.90. The highest BCUT2D eigenvalue weighted by Crippen LogP contribution is 2.28. The number of aryl methyl sites for hydroxylation is 1. The molecule has 1 aromatic carbocycles. The van der Waals surface area contributed by atoms with Gasteiger partial charge in [0.25, 0.3) is 5.91 Å². The molecule has 8 heteroatoms. The number of nitrogens with one attached hydrogen (secondary N) is 2. The molecule has 0 bridgehead atoms. The summed E-state index contributed by atoms with van der Waals surface area (Å²) >= 11 is 1.17. The van der Waals surface area contributed by atoms with Crippen molar-refractivity contribution < 1.29 is 9.32 Å². The van der Waals surface area contributed by atoms with Crippen LogP contribution in [-0.4, -0.2) is 16.0 Å². The van der Waals surface area contributed by atoms with Crippen molar-refractivity contribution >= 4 is 39.7 Å². The molecule has 0 radical (unpaired) electrons. The van der Waals surface area contributed by atoms with E-state index >= 15 is 0 Å². The number of hydrogen-bond acceptors (Lipinski definition) is 7. The Morgan fingerprint density at radius 3 is 2.77 bits per heavy atom. The molecule has 0 spiro atoms. The highest BCUT2D eigenvalue weighted by molar-refractivity contribution is 7.18. The third-order valence-electron chi connectivity index (χ3n) is 2.75. The number of nitrogens with two attached hydrogens (primary N) is 1. The molecule has 112 valence electrons. The van der Waals surface area contributed by atoms with Gasteiger partial charge in [-0.25, -0.2) is 4.98 Å². The van der Waals surface area contributed by atoms with Crippen LogP contribution in [0, 0.1) is 6.92 Å². The van der Waals surface area contributed by atoms with E-state index in [1.54, 1.807) is 13.0 Å². The summed E-state index contributed by atoms with van der Waals surface area (Å²) in [6, 6.07) is 11.1. The average Bonchev–Trinajstić information content (AvgIpc) is 3.06. The number of carbonyl (C=O) groups is 1. The summed E-state index contributed by atoms with van der Waals surface area (Å²) in [5, 5.41) is 9.97. The number of thiazole rings is 1. The smallest absolute Gasteiger partial charge is 0.270 e. The summed E-state index contributed by atoms with van der Waals surface area (Å²) in [4.78, 5) is 16.7. The molecule has 0 fully saturated rings. The van der Waals surface area contributed by atoms with E-state index in [0.717, 1.165) is 5.69 Å². The lowest BCUT2D eigenvalue weighted by molar-refractivity contribution is 0.103. The van der Waals surface area contributed by atoms with E-state index in [2.05, 4.69) is 20.8 Å². The van der Waals surface area contributed by atoms with E-state index in [0.29, 0.717) is 21.6 Å². The van der Waals surface area contributed by atoms with Crippen molar-refractivity contribution in [2.24, 2.45) is 0 Å². The molecule has 2 heterocycles. The minimum atomic E-state index is -0.371. The van der Waals surface area contributed by atoms with E-state index in [1.165, 1.54) is 11.3 Å². The van der Waals surface area contributed by atoms with Crippen LogP contribution in [0.4, 0.5) is 22.5 Å². The zero-order valence-electron chi connectivity index (χ0n) is 11.7. The topological polar surface area (TPSA) is 106 Å². The van der Waals surface area contributed by atoms with E-state index in [9.17, 15) is 4.79 Å². The van der Waals surface area contributed by atoms with Crippen molar-refractivity contribution in [1.82, 2.24) is 10.1 Å². The lowest BCUT2D eigenvalue weighted by Crippen LogP contribution is -2.12. The molecule has 22 heavy (non-hydrogen) atoms. The van der Waals surface area contributed by atoms with Gasteiger partial charge in [0, 0.05) is 11.8 Å². The second-order valence-electron chi connectivity index (χ2n) is 4.50. The first kappa shape index (κ1) is 14.1. The summed E-state index contributed by atoms with van der Waals surface area (Å²) in [5.74, 6) is 0.748. The standard InChI is InChI=1S/C14H13N5O2S/c1-8-7-10(19-21-8)17-13(20)11-12(15)18-14(22-11)16-9-5-3-2-4-6-9/h2-7H,15H2,1H3,(H,16,18)(H,17,19,20). The fourth-order valence-electron chi connectivity index (χ4n) is 1.79. The minimum absolute atomic E-state index is 0.168. The maximum Gasteiger partial charge on any atom is 0.270 e. The fourth-order valence-corrected chi connectivity index (χ4v) is 2.59. The highest BCUT2D eigenvalue weighted by Gasteiger charge is 2.17. The Labute approximate surface area is 130 Å². The van der Waals surface area contributed by atoms with Gasteiger partial charge in [-0.1, -0.05) is 34.7 Å². The van der Waals surface area contributed by atoms with Crippen molar-refractivity contribution in [3.8, 4) is 0 Å². The molecule has 0 saturated carbocycles. The predicted octanol–water partition coefficient (Wildman–Crippen LogP) is 3.02. The third kappa shape index (κ3) is 3.07. The SMILES string of the molecule is Cc1cc(NC(=O)c2sc(Nc3ccccc3)nc2N)no1. The lowest BCUT2D eigenvalue weighted by Gasteiger charge is -2.00. The zero-order chi connectivity index (χ0) is 15.5. The number of amides is 1. The van der Waals surface area contributed by atoms with Crippen LogP contribution in [-0.2, 0) is 0 Å². The maximum atomic E-state index is 12.2. The van der Waals surface area contributed by atoms with Gasteiger partial charge in [-0.05, 0) is 19.1 Å². The Morgan fingerprint density at radius 1 is 1.32 bits per heavy atom. The molecule has 2 aromatic heterocycles. The Balaban J connectivity index is 1.75. The van der Waals surface area contributed by atoms with Crippen molar-refractivity contribution in [2.75, 3.05) is 16.4 Å². The van der Waals surface area contributed by atoms with Crippen LogP contribution in [0.2, 0.25) is 0 Å². The van der Waals surface area contributed by atoms with Crippen LogP contribution in [0.15, 0.2) is 40.9 Å². The first-order valence-electron chi connectivity index (χ1n) is 6.45. The molecule has 3 aromatic rings. The largest absolute Gasteiger partial charge is 0.382 e. The van der Waals surface area contributed by atoms with E-state index in [1.807, 2.05) is 30.3 Å². The molecule has 3 rings (SSSR count). The van der Waals surface area contributed by atoms with Gasteiger partial charge in [-0.2, -0.15) is 0 Å². The lowest BCUT2D eigenvalue weighted by atomic mass is 10.3. The van der Waals surface area contributed by atoms with Gasteiger partial charge in [0.15, 0.2) is 10.9 Å². The normalized spacial score (nSPS) is 10.4. The molecule has 0 aliphatic heterocycles. The van der Waals surface area contributed by atoms with Gasteiger partial charge in [0.2, 0.25) is 0 Å². The number of nitrogens with zero attached hydrogens (tertiary/aromatic N) is 2. The molecular weight excluding hydrogens is 302 g/mol. The van der Waals surface area contributed by atoms with Crippen LogP contribution in [0.3, 0.4) is 0 Å². The first-order valence-corrected chi connectivity index (χ1v) is 7.26. The van der Waals surface area contributed by atoms with Crippen LogP contribution in [0.5, 0.6) is 0 Å². The quantitative estimate of drug-likeness (QED) is 0.683. The summed E-state index contributed by atoms with van der Waals surface area (Å²) in [6.45, 7) is 1.74. The number of aromatic nitrogens is 2. The average molecular weight is 315 g/mol. The third-order valence-corrected chi connectivity index (χ3v) is 3.74. The Morgan fingerprint density at radius 2 is 2.09 bits per heavy atom. The highest BCUT2D eigenvalue weighted by atomic mass is 32.1. The van der Waals surface area contributed by atoms with E-state index in [-0.39, 0.29) is 11.7 Å². The molecule has 4 N–H and O–H groups in total. The van der Waals surface area contributed by atoms with Crippen molar-refractivity contribution in [3.05, 3.63) is 47.0 Å². The molecule has 1 amide bonds. The second-order valence-corrected chi connectivity index (χ2v) is 5.50. The van der Waals surface area contributed by atoms with Crippen LogP contribution >= 0.6 is 11.3 Å². The number of anilines is 4. The second kappa shape index (κ2) is 5.86. The van der Waals surface area contributed by atoms with Gasteiger partial charge < -0.3 is 20.9 Å². The summed E-state index contributed by atoms with van der Waals surface area (Å²) in [6.07, 6.45) is 0. The molecule has 0 aliphatic rings. The van der Waals surface area contributed by atoms with Gasteiger partial charge >= 0.3 is 0 Å². The summed E-state index contributed by atoms with van der Waals surface area (Å²) in [5.41, 5.74) is 6.68. The van der Waals surface area contributed by atoms with Gasteiger partial charge in [-0.3, -0.25) is 4.79 Å². The number of benzene rings is 1. The predicted molar refractivity (Wildman–Crippen MR) is 85.4 cm³/mol. The van der Waals surface area contributed by atoms with Gasteiger partial charge in [0.1, 0.15) is 16.5 Å². The van der Waals surface area contributed by atoms with Gasteiger partial charge in [-0.15, -0.1) is 0 Å². The van der Waals surface area contributed by atoms with E-state index < -0.39 is 0 Å². The monoisotopic (exact) mass is 315 g/mol. The fraction of sp³-hybridized carbons (Fsp3) is 0.0714. The molecule has 0 aliphatic carbocycles. The number of nitrogen functional groups attached to an aromatic ring is 1. The van der Waals surface area contributed by atoms with E-state index in [4.69, 9.17) is 10.3 Å². The molecule has 0 atom stereocenters. The zero-order valence-corrected chi connectivity index (χ0v) is 12.5. The van der Waals surface area contributed by atoms with Crippen molar-refractivity contribution in [1.29, 1.82) is 0 Å². The Bertz CT molecular complexity index is 797. The number of carbonyl (C=O) groups excluding carboxylic acids is 1. The molecule has 7 nitrogen and oxygen atoms in total. The number of rotatable bonds is 4. The molecule has 0 saturated heterocycles. The first-order chi connectivity index (χ1) is 10.6. The number of hydrogen-bond donors (Lipinski definition) is 3. The summed E-state index contributed by atoms with van der Waals surface area (Å²) in [7, 11) is 0. The van der Waals surface area contributed by atoms with Crippen LogP contribution in [0.25, 0.3) is 0 Å². The van der Waals surface area contributed by atoms with Crippen LogP contribution < -0.4 is 16.4 Å². The van der Waals surface area contributed by atoms with Crippen LogP contribution in [0.1, 0.15) is 15.4 Å². The number of para-hydroxylation sites is 1.